The first-order valence-corrected chi connectivity index (χ1v) is 6.41. The third-order valence-corrected chi connectivity index (χ3v) is 3.72. The van der Waals surface area contributed by atoms with Crippen LogP contribution >= 0.6 is 47.8 Å². The molecule has 6 heteroatoms. The zero-order valence-electron chi connectivity index (χ0n) is 7.51. The van der Waals surface area contributed by atoms with Gasteiger partial charge in [0, 0.05) is 19.8 Å². The molecule has 0 saturated heterocycles. The largest absolute Gasteiger partial charge is 0.480 e. The van der Waals surface area contributed by atoms with E-state index in [1.54, 1.807) is 0 Å². The second kappa shape index (κ2) is 5.43. The van der Waals surface area contributed by atoms with Gasteiger partial charge >= 0.3 is 5.97 Å². The molecule has 0 bridgehead atoms. The van der Waals surface area contributed by atoms with Crippen LogP contribution in [0.2, 0.25) is 0 Å². The van der Waals surface area contributed by atoms with Crippen LogP contribution in [0.3, 0.4) is 0 Å². The summed E-state index contributed by atoms with van der Waals surface area (Å²) < 4.78 is 2.58. The van der Waals surface area contributed by atoms with Gasteiger partial charge in [-0.05, 0) is 17.7 Å². The van der Waals surface area contributed by atoms with Gasteiger partial charge < -0.3 is 10.8 Å². The Balaban J connectivity index is 3.00. The molecule has 0 spiro atoms. The molecule has 0 saturated carbocycles. The fourth-order valence-electron chi connectivity index (χ4n) is 1.07. The van der Waals surface area contributed by atoms with Crippen molar-refractivity contribution in [3.05, 3.63) is 31.1 Å². The lowest BCUT2D eigenvalue weighted by Crippen LogP contribution is -2.32. The van der Waals surface area contributed by atoms with Gasteiger partial charge in [-0.1, -0.05) is 47.8 Å². The van der Waals surface area contributed by atoms with Crippen molar-refractivity contribution in [3.8, 4) is 0 Å². The molecule has 15 heavy (non-hydrogen) atoms. The SMILES string of the molecule is N[C@H](Cc1c(Br)cc(Br)cc1Br)C(=O)O. The number of rotatable bonds is 3. The molecule has 0 unspecified atom stereocenters. The third kappa shape index (κ3) is 3.55. The standard InChI is InChI=1S/C9H8Br3NO2/c10-4-1-6(11)5(7(12)2-4)3-8(13)9(14)15/h1-2,8H,3,13H2,(H,14,15)/t8-/m1/s1. The van der Waals surface area contributed by atoms with Gasteiger partial charge in [0.15, 0.2) is 0 Å². The molecule has 0 amide bonds. The van der Waals surface area contributed by atoms with Gasteiger partial charge in [0.1, 0.15) is 6.04 Å². The number of halogens is 3. The van der Waals surface area contributed by atoms with Gasteiger partial charge in [0.2, 0.25) is 0 Å². The lowest BCUT2D eigenvalue weighted by molar-refractivity contribution is -0.138. The Morgan fingerprint density at radius 2 is 1.80 bits per heavy atom. The number of hydrogen-bond acceptors (Lipinski definition) is 2. The van der Waals surface area contributed by atoms with Gasteiger partial charge in [-0.25, -0.2) is 0 Å². The molecular weight excluding hydrogens is 394 g/mol. The first-order valence-electron chi connectivity index (χ1n) is 4.03. The summed E-state index contributed by atoms with van der Waals surface area (Å²) in [5, 5.41) is 8.71. The summed E-state index contributed by atoms with van der Waals surface area (Å²) in [6.07, 6.45) is 0.282. The predicted molar refractivity (Wildman–Crippen MR) is 68.9 cm³/mol. The summed E-state index contributed by atoms with van der Waals surface area (Å²) in [6, 6.07) is 2.82. The Bertz CT molecular complexity index is 372. The maximum atomic E-state index is 10.6. The van der Waals surface area contributed by atoms with Gasteiger partial charge in [-0.2, -0.15) is 0 Å². The maximum absolute atomic E-state index is 10.6. The van der Waals surface area contributed by atoms with Crippen LogP contribution in [-0.4, -0.2) is 17.1 Å². The van der Waals surface area contributed by atoms with E-state index in [1.165, 1.54) is 0 Å². The highest BCUT2D eigenvalue weighted by Crippen LogP contribution is 2.30. The van der Waals surface area contributed by atoms with Crippen molar-refractivity contribution in [2.24, 2.45) is 5.73 Å². The minimum Gasteiger partial charge on any atom is -0.480 e. The Morgan fingerprint density at radius 3 is 2.20 bits per heavy atom. The van der Waals surface area contributed by atoms with E-state index >= 15 is 0 Å². The van der Waals surface area contributed by atoms with Crippen LogP contribution < -0.4 is 5.73 Å². The molecule has 0 aliphatic carbocycles. The number of nitrogens with two attached hydrogens (primary N) is 1. The van der Waals surface area contributed by atoms with Gasteiger partial charge in [0.05, 0.1) is 0 Å². The summed E-state index contributed by atoms with van der Waals surface area (Å²) in [5.41, 5.74) is 6.33. The fraction of sp³-hybridized carbons (Fsp3) is 0.222. The molecule has 1 aromatic carbocycles. The van der Waals surface area contributed by atoms with Crippen molar-refractivity contribution < 1.29 is 9.90 Å². The lowest BCUT2D eigenvalue weighted by Gasteiger charge is -2.11. The number of carboxylic acid groups (broad SMARTS) is 1. The molecule has 0 aliphatic rings. The van der Waals surface area contributed by atoms with E-state index in [0.29, 0.717) is 0 Å². The van der Waals surface area contributed by atoms with Gasteiger partial charge in [-0.3, -0.25) is 4.79 Å². The van der Waals surface area contributed by atoms with E-state index in [0.717, 1.165) is 19.0 Å². The first-order chi connectivity index (χ1) is 6.91. The van der Waals surface area contributed by atoms with Gasteiger partial charge in [-0.15, -0.1) is 0 Å². The van der Waals surface area contributed by atoms with Crippen LogP contribution in [0.15, 0.2) is 25.6 Å². The Morgan fingerprint density at radius 1 is 1.33 bits per heavy atom. The molecule has 3 N–H and O–H groups in total. The Kier molecular flexibility index (Phi) is 4.76. The number of aliphatic carboxylic acids is 1. The fourth-order valence-corrected chi connectivity index (χ4v) is 3.66. The number of hydrogen-bond donors (Lipinski definition) is 2. The average molecular weight is 402 g/mol. The van der Waals surface area contributed by atoms with E-state index in [1.807, 2.05) is 12.1 Å². The predicted octanol–water partition coefficient (Wildman–Crippen LogP) is 2.93. The lowest BCUT2D eigenvalue weighted by atomic mass is 10.1. The summed E-state index contributed by atoms with van der Waals surface area (Å²) in [5.74, 6) is -1.00. The van der Waals surface area contributed by atoms with Crippen molar-refractivity contribution in [3.63, 3.8) is 0 Å². The number of carboxylic acids is 1. The van der Waals surface area contributed by atoms with Crippen LogP contribution in [0.25, 0.3) is 0 Å². The Labute approximate surface area is 112 Å². The van der Waals surface area contributed by atoms with Crippen LogP contribution in [-0.2, 0) is 11.2 Å². The zero-order valence-corrected chi connectivity index (χ0v) is 12.3. The van der Waals surface area contributed by atoms with E-state index in [4.69, 9.17) is 10.8 Å². The molecule has 1 aromatic rings. The van der Waals surface area contributed by atoms with E-state index in [-0.39, 0.29) is 6.42 Å². The van der Waals surface area contributed by atoms with Crippen LogP contribution in [0.5, 0.6) is 0 Å². The number of benzene rings is 1. The van der Waals surface area contributed by atoms with Crippen molar-refractivity contribution in [1.82, 2.24) is 0 Å². The summed E-state index contributed by atoms with van der Waals surface area (Å²) in [4.78, 5) is 10.6. The molecule has 1 atom stereocenters. The van der Waals surface area contributed by atoms with E-state index in [9.17, 15) is 4.79 Å². The van der Waals surface area contributed by atoms with Crippen molar-refractivity contribution in [1.29, 1.82) is 0 Å². The summed E-state index contributed by atoms with van der Waals surface area (Å²) in [7, 11) is 0. The maximum Gasteiger partial charge on any atom is 0.320 e. The minimum atomic E-state index is -1.00. The number of carbonyl (C=O) groups is 1. The minimum absolute atomic E-state index is 0.282. The molecule has 0 heterocycles. The molecule has 3 nitrogen and oxygen atoms in total. The molecule has 0 fully saturated rings. The third-order valence-electron chi connectivity index (χ3n) is 1.85. The van der Waals surface area contributed by atoms with Crippen LogP contribution in [0, 0.1) is 0 Å². The van der Waals surface area contributed by atoms with Crippen LogP contribution in [0.4, 0.5) is 0 Å². The van der Waals surface area contributed by atoms with E-state index in [2.05, 4.69) is 47.8 Å². The van der Waals surface area contributed by atoms with Crippen LogP contribution in [0.1, 0.15) is 5.56 Å². The summed E-state index contributed by atoms with van der Waals surface area (Å²) in [6.45, 7) is 0. The second-order valence-corrected chi connectivity index (χ2v) is 5.62. The highest BCUT2D eigenvalue weighted by molar-refractivity contribution is 9.11. The molecule has 0 radical (unpaired) electrons. The molecule has 0 aliphatic heterocycles. The van der Waals surface area contributed by atoms with E-state index < -0.39 is 12.0 Å². The topological polar surface area (TPSA) is 63.3 Å². The van der Waals surface area contributed by atoms with Crippen molar-refractivity contribution >= 4 is 53.8 Å². The molecule has 0 aromatic heterocycles. The highest BCUT2D eigenvalue weighted by Gasteiger charge is 2.16. The average Bonchev–Trinajstić information content (AvgIpc) is 2.10. The van der Waals surface area contributed by atoms with Crippen molar-refractivity contribution in [2.75, 3.05) is 0 Å². The summed E-state index contributed by atoms with van der Waals surface area (Å²) >= 11 is 10.1. The van der Waals surface area contributed by atoms with Crippen molar-refractivity contribution in [2.45, 2.75) is 12.5 Å². The highest BCUT2D eigenvalue weighted by atomic mass is 79.9. The monoisotopic (exact) mass is 399 g/mol. The quantitative estimate of drug-likeness (QED) is 0.818. The molecule has 1 rings (SSSR count). The smallest absolute Gasteiger partial charge is 0.320 e. The first kappa shape index (κ1) is 13.2. The second-order valence-electron chi connectivity index (χ2n) is 3.00. The zero-order chi connectivity index (χ0) is 11.6. The molecular formula is C9H8Br3NO2. The Hall–Kier alpha value is 0.0900. The normalized spacial score (nSPS) is 12.5. The molecule has 82 valence electrons. The van der Waals surface area contributed by atoms with Gasteiger partial charge in [0.25, 0.3) is 0 Å².